The highest BCUT2D eigenvalue weighted by atomic mass is 16.3. The lowest BCUT2D eigenvalue weighted by molar-refractivity contribution is 0.672. The third-order valence-corrected chi connectivity index (χ3v) is 12.4. The monoisotopic (exact) mass is 790 g/mol. The van der Waals surface area contributed by atoms with Crippen molar-refractivity contribution < 1.29 is 4.42 Å². The van der Waals surface area contributed by atoms with Crippen molar-refractivity contribution in [3.8, 4) is 51.0 Å². The maximum absolute atomic E-state index is 6.91. The third-order valence-electron chi connectivity index (χ3n) is 12.4. The Hall–Kier alpha value is -8.41. The number of hydrogen-bond donors (Lipinski definition) is 0. The molecule has 0 aliphatic carbocycles. The number of benzene rings is 10. The van der Waals surface area contributed by atoms with E-state index in [2.05, 4.69) is 205 Å². The van der Waals surface area contributed by atoms with Gasteiger partial charge in [-0.25, -0.2) is 15.0 Å². The standard InChI is InChI=1S/C57H34N4O/c1-2-13-35(14-3-1)36-25-27-39(28-26-36)55-58-56(45-23-12-19-37-15-6-8-20-42(37)45)60-57(59-55)47-31-32-51-52(46-30-29-38-16-7-9-21-43(38)54(46)62-51)53(47)61-49-24-11-10-22-44(49)48-33-40-17-4-5-18-41(40)34-50(48)61/h1-34H. The smallest absolute Gasteiger partial charge is 0.166 e. The van der Waals surface area contributed by atoms with E-state index in [4.69, 9.17) is 19.4 Å². The van der Waals surface area contributed by atoms with Crippen molar-refractivity contribution >= 4 is 76.1 Å². The first-order valence-corrected chi connectivity index (χ1v) is 20.9. The van der Waals surface area contributed by atoms with Crippen LogP contribution in [0.25, 0.3) is 127 Å². The van der Waals surface area contributed by atoms with Crippen molar-refractivity contribution in [1.82, 2.24) is 19.5 Å². The number of furan rings is 1. The Bertz CT molecular complexity index is 3910. The lowest BCUT2D eigenvalue weighted by Crippen LogP contribution is -2.04. The molecule has 0 N–H and O–H groups in total. The zero-order valence-corrected chi connectivity index (χ0v) is 33.3. The number of hydrogen-bond acceptors (Lipinski definition) is 4. The van der Waals surface area contributed by atoms with Gasteiger partial charge in [0.05, 0.1) is 22.1 Å². The van der Waals surface area contributed by atoms with E-state index in [0.717, 1.165) is 88.0 Å². The molecule has 5 nitrogen and oxygen atoms in total. The fraction of sp³-hybridized carbons (Fsp3) is 0. The molecular formula is C57H34N4O. The molecule has 0 saturated carbocycles. The summed E-state index contributed by atoms with van der Waals surface area (Å²) in [4.78, 5) is 16.1. The highest BCUT2D eigenvalue weighted by molar-refractivity contribution is 6.21. The lowest BCUT2D eigenvalue weighted by atomic mass is 10.0. The van der Waals surface area contributed by atoms with Crippen molar-refractivity contribution in [2.45, 2.75) is 0 Å². The van der Waals surface area contributed by atoms with E-state index in [-0.39, 0.29) is 0 Å². The minimum absolute atomic E-state index is 0.573. The summed E-state index contributed by atoms with van der Waals surface area (Å²) >= 11 is 0. The van der Waals surface area contributed by atoms with Crippen LogP contribution in [0.15, 0.2) is 211 Å². The summed E-state index contributed by atoms with van der Waals surface area (Å²) in [6.07, 6.45) is 0. The normalized spacial score (nSPS) is 11.9. The SMILES string of the molecule is c1ccc(-c2ccc(-c3nc(-c4ccc5oc6c7ccccc7ccc6c5c4-n4c5ccccc5c5cc6ccccc6cc54)nc(-c4cccc5ccccc45)n3)cc2)cc1. The number of para-hydroxylation sites is 1. The summed E-state index contributed by atoms with van der Waals surface area (Å²) in [6, 6.07) is 72.7. The molecule has 288 valence electrons. The molecule has 0 amide bonds. The number of nitrogens with zero attached hydrogens (tertiary/aromatic N) is 4. The average molecular weight is 791 g/mol. The number of rotatable bonds is 5. The van der Waals surface area contributed by atoms with Crippen LogP contribution in [0, 0.1) is 0 Å². The van der Waals surface area contributed by atoms with Crippen LogP contribution in [0.4, 0.5) is 0 Å². The van der Waals surface area contributed by atoms with Gasteiger partial charge in [-0.3, -0.25) is 0 Å². The van der Waals surface area contributed by atoms with E-state index >= 15 is 0 Å². The fourth-order valence-electron chi connectivity index (χ4n) is 9.50. The predicted octanol–water partition coefficient (Wildman–Crippen LogP) is 15.0. The molecule has 13 aromatic rings. The molecule has 13 rings (SSSR count). The molecule has 0 fully saturated rings. The summed E-state index contributed by atoms with van der Waals surface area (Å²) in [7, 11) is 0. The molecular weight excluding hydrogens is 757 g/mol. The van der Waals surface area contributed by atoms with E-state index in [9.17, 15) is 0 Å². The maximum atomic E-state index is 6.91. The van der Waals surface area contributed by atoms with Gasteiger partial charge in [-0.2, -0.15) is 0 Å². The van der Waals surface area contributed by atoms with Gasteiger partial charge in [0, 0.05) is 38.2 Å². The molecule has 3 heterocycles. The third kappa shape index (κ3) is 5.32. The lowest BCUT2D eigenvalue weighted by Gasteiger charge is -2.16. The van der Waals surface area contributed by atoms with E-state index in [0.29, 0.717) is 17.5 Å². The zero-order chi connectivity index (χ0) is 40.7. The Balaban J connectivity index is 1.16. The second-order valence-electron chi connectivity index (χ2n) is 15.9. The molecule has 0 unspecified atom stereocenters. The van der Waals surface area contributed by atoms with Crippen molar-refractivity contribution in [2.24, 2.45) is 0 Å². The van der Waals surface area contributed by atoms with E-state index in [1.54, 1.807) is 0 Å². The van der Waals surface area contributed by atoms with E-state index < -0.39 is 0 Å². The largest absolute Gasteiger partial charge is 0.455 e. The number of aromatic nitrogens is 4. The van der Waals surface area contributed by atoms with Gasteiger partial charge in [-0.1, -0.05) is 170 Å². The molecule has 0 aliphatic heterocycles. The first-order chi connectivity index (χ1) is 30.7. The highest BCUT2D eigenvalue weighted by Gasteiger charge is 2.25. The van der Waals surface area contributed by atoms with Crippen molar-refractivity contribution in [3.05, 3.63) is 206 Å². The minimum Gasteiger partial charge on any atom is -0.455 e. The Labute approximate surface area is 355 Å². The Kier molecular flexibility index (Phi) is 7.54. The van der Waals surface area contributed by atoms with Crippen LogP contribution >= 0.6 is 0 Å². The van der Waals surface area contributed by atoms with Crippen LogP contribution < -0.4 is 0 Å². The van der Waals surface area contributed by atoms with Crippen LogP contribution in [0.5, 0.6) is 0 Å². The molecule has 62 heavy (non-hydrogen) atoms. The van der Waals surface area contributed by atoms with Gasteiger partial charge in [0.1, 0.15) is 11.2 Å². The molecule has 5 heteroatoms. The van der Waals surface area contributed by atoms with Crippen LogP contribution in [0.1, 0.15) is 0 Å². The van der Waals surface area contributed by atoms with Crippen LogP contribution in [0.2, 0.25) is 0 Å². The quantitative estimate of drug-likeness (QED) is 0.174. The second kappa shape index (κ2) is 13.6. The zero-order valence-electron chi connectivity index (χ0n) is 33.3. The van der Waals surface area contributed by atoms with Gasteiger partial charge in [0.15, 0.2) is 17.5 Å². The Morgan fingerprint density at radius 1 is 0.339 bits per heavy atom. The summed E-state index contributed by atoms with van der Waals surface area (Å²) < 4.78 is 9.32. The first kappa shape index (κ1) is 34.5. The molecule has 3 aromatic heterocycles. The Morgan fingerprint density at radius 2 is 0.935 bits per heavy atom. The van der Waals surface area contributed by atoms with Crippen molar-refractivity contribution in [2.75, 3.05) is 0 Å². The second-order valence-corrected chi connectivity index (χ2v) is 15.9. The van der Waals surface area contributed by atoms with Crippen molar-refractivity contribution in [1.29, 1.82) is 0 Å². The van der Waals surface area contributed by atoms with Crippen LogP contribution in [0.3, 0.4) is 0 Å². The van der Waals surface area contributed by atoms with Crippen LogP contribution in [-0.4, -0.2) is 19.5 Å². The molecule has 0 aliphatic rings. The molecule has 10 aromatic carbocycles. The van der Waals surface area contributed by atoms with Gasteiger partial charge < -0.3 is 8.98 Å². The predicted molar refractivity (Wildman–Crippen MR) is 256 cm³/mol. The minimum atomic E-state index is 0.573. The summed E-state index contributed by atoms with van der Waals surface area (Å²) in [5, 5.41) is 11.1. The van der Waals surface area contributed by atoms with Gasteiger partial charge in [0.25, 0.3) is 0 Å². The topological polar surface area (TPSA) is 56.7 Å². The highest BCUT2D eigenvalue weighted by Crippen LogP contribution is 2.45. The Morgan fingerprint density at radius 3 is 1.74 bits per heavy atom. The molecule has 0 atom stereocenters. The van der Waals surface area contributed by atoms with Crippen molar-refractivity contribution in [3.63, 3.8) is 0 Å². The number of fused-ring (bicyclic) bond motifs is 10. The van der Waals surface area contributed by atoms with Gasteiger partial charge in [-0.15, -0.1) is 0 Å². The van der Waals surface area contributed by atoms with Gasteiger partial charge in [-0.05, 0) is 74.5 Å². The molecule has 0 spiro atoms. The summed E-state index contributed by atoms with van der Waals surface area (Å²) in [5.41, 5.74) is 9.79. The molecule has 0 radical (unpaired) electrons. The summed E-state index contributed by atoms with van der Waals surface area (Å²) in [5.74, 6) is 1.78. The van der Waals surface area contributed by atoms with E-state index in [1.165, 1.54) is 21.5 Å². The maximum Gasteiger partial charge on any atom is 0.166 e. The molecule has 0 bridgehead atoms. The van der Waals surface area contributed by atoms with Gasteiger partial charge in [0.2, 0.25) is 0 Å². The molecule has 0 saturated heterocycles. The summed E-state index contributed by atoms with van der Waals surface area (Å²) in [6.45, 7) is 0. The van der Waals surface area contributed by atoms with E-state index in [1.807, 2.05) is 6.07 Å². The van der Waals surface area contributed by atoms with Crippen LogP contribution in [-0.2, 0) is 0 Å². The first-order valence-electron chi connectivity index (χ1n) is 20.9. The fourth-order valence-corrected chi connectivity index (χ4v) is 9.50. The van der Waals surface area contributed by atoms with Gasteiger partial charge >= 0.3 is 0 Å². The average Bonchev–Trinajstić information content (AvgIpc) is 3.89.